The second kappa shape index (κ2) is 10.1. The van der Waals surface area contributed by atoms with Crippen molar-refractivity contribution in [3.05, 3.63) is 65.6 Å². The van der Waals surface area contributed by atoms with E-state index in [4.69, 9.17) is 4.74 Å². The number of aryl methyl sites for hydroxylation is 1. The van der Waals surface area contributed by atoms with Crippen molar-refractivity contribution in [2.75, 3.05) is 18.1 Å². The number of nitrogens with zero attached hydrogens (tertiary/aromatic N) is 1. The first-order valence-electron chi connectivity index (χ1n) is 13.3. The molecule has 1 unspecified atom stereocenters. The van der Waals surface area contributed by atoms with Crippen LogP contribution in [0.3, 0.4) is 0 Å². The lowest BCUT2D eigenvalue weighted by Crippen LogP contribution is -2.42. The Labute approximate surface area is 215 Å². The van der Waals surface area contributed by atoms with Crippen molar-refractivity contribution in [1.29, 1.82) is 0 Å². The number of allylic oxidation sites excluding steroid dienone is 3. The molecule has 1 N–H and O–H groups in total. The normalized spacial score (nSPS) is 19.4. The zero-order valence-corrected chi connectivity index (χ0v) is 22.4. The third kappa shape index (κ3) is 4.44. The lowest BCUT2D eigenvalue weighted by Gasteiger charge is -2.31. The molecule has 0 spiro atoms. The molecule has 1 aromatic carbocycles. The number of ether oxygens (including phenoxy) is 1. The molecule has 0 saturated heterocycles. The summed E-state index contributed by atoms with van der Waals surface area (Å²) in [5.41, 5.74) is 5.57. The average molecular weight is 489 g/mol. The maximum Gasteiger partial charge on any atom is 0.238 e. The minimum absolute atomic E-state index is 0.0620. The average Bonchev–Trinajstić information content (AvgIpc) is 3.20. The Balaban J connectivity index is 1.96. The van der Waals surface area contributed by atoms with E-state index in [-0.39, 0.29) is 11.7 Å². The number of rotatable bonds is 10. The molecular formula is C31H40N2O3. The Hall–Kier alpha value is -3.08. The monoisotopic (exact) mass is 488 g/mol. The van der Waals surface area contributed by atoms with E-state index in [1.165, 1.54) is 0 Å². The fourth-order valence-corrected chi connectivity index (χ4v) is 5.87. The summed E-state index contributed by atoms with van der Waals surface area (Å²) in [6.45, 7) is 22.0. The third-order valence-electron chi connectivity index (χ3n) is 7.68. The lowest BCUT2D eigenvalue weighted by atomic mass is 9.72. The fraction of sp³-hybridized carbons (Fsp3) is 0.484. The van der Waals surface area contributed by atoms with Crippen LogP contribution < -0.4 is 4.90 Å². The van der Waals surface area contributed by atoms with Gasteiger partial charge in [-0.2, -0.15) is 0 Å². The number of amides is 1. The van der Waals surface area contributed by atoms with Crippen molar-refractivity contribution < 1.29 is 14.3 Å². The molecule has 0 radical (unpaired) electrons. The van der Waals surface area contributed by atoms with E-state index in [0.29, 0.717) is 44.1 Å². The third-order valence-corrected chi connectivity index (χ3v) is 7.68. The van der Waals surface area contributed by atoms with Gasteiger partial charge in [-0.15, -0.1) is 0 Å². The molecule has 1 amide bonds. The highest BCUT2D eigenvalue weighted by molar-refractivity contribution is 6.12. The molecule has 4 rings (SSSR count). The van der Waals surface area contributed by atoms with Crippen LogP contribution in [0, 0.1) is 5.92 Å². The second-order valence-corrected chi connectivity index (χ2v) is 10.8. The van der Waals surface area contributed by atoms with Crippen molar-refractivity contribution in [3.63, 3.8) is 0 Å². The Morgan fingerprint density at radius 1 is 1.08 bits per heavy atom. The van der Waals surface area contributed by atoms with Crippen LogP contribution in [0.4, 0.5) is 5.69 Å². The zero-order valence-electron chi connectivity index (χ0n) is 22.4. The van der Waals surface area contributed by atoms with Crippen LogP contribution in [-0.4, -0.2) is 29.8 Å². The van der Waals surface area contributed by atoms with Crippen molar-refractivity contribution >= 4 is 28.3 Å². The Bertz CT molecular complexity index is 1250. The number of benzene rings is 1. The largest absolute Gasteiger partial charge is 0.499 e. The van der Waals surface area contributed by atoms with Gasteiger partial charge >= 0.3 is 0 Å². The lowest BCUT2D eigenvalue weighted by molar-refractivity contribution is -0.123. The van der Waals surface area contributed by atoms with Crippen LogP contribution in [0.15, 0.2) is 48.8 Å². The smallest absolute Gasteiger partial charge is 0.238 e. The molecule has 5 nitrogen and oxygen atoms in total. The van der Waals surface area contributed by atoms with Gasteiger partial charge in [-0.05, 0) is 68.2 Å². The SMILES string of the molecule is C=C(CC1(CC(=C)C(=C)CC)C(=O)N(CC(C)C)c2cc3c4c([nH]c3cc21)C(=O)CCCC4)OCC. The number of aromatic nitrogens is 1. The summed E-state index contributed by atoms with van der Waals surface area (Å²) in [6, 6.07) is 4.24. The van der Waals surface area contributed by atoms with Crippen LogP contribution in [0.1, 0.15) is 87.8 Å². The van der Waals surface area contributed by atoms with E-state index >= 15 is 0 Å². The van der Waals surface area contributed by atoms with Crippen LogP contribution in [0.5, 0.6) is 0 Å². The molecule has 1 aromatic heterocycles. The van der Waals surface area contributed by atoms with E-state index in [1.54, 1.807) is 0 Å². The standard InChI is InChI=1S/C31H40N2O3/c1-8-20(5)21(6)16-31(17-22(7)36-9-2)25-15-26-24(14-27(25)33(30(31)35)18-19(3)4)23-12-10-11-13-28(34)29(23)32-26/h14-15,19,32H,5-13,16-18H2,1-4H3. The van der Waals surface area contributed by atoms with E-state index in [0.717, 1.165) is 70.2 Å². The highest BCUT2D eigenvalue weighted by Crippen LogP contribution is 2.51. The fourth-order valence-electron chi connectivity index (χ4n) is 5.87. The summed E-state index contributed by atoms with van der Waals surface area (Å²) >= 11 is 0. The van der Waals surface area contributed by atoms with Gasteiger partial charge in [0.2, 0.25) is 5.91 Å². The van der Waals surface area contributed by atoms with E-state index in [1.807, 2.05) is 11.8 Å². The Morgan fingerprint density at radius 2 is 1.81 bits per heavy atom. The molecule has 2 heterocycles. The molecular weight excluding hydrogens is 448 g/mol. The highest BCUT2D eigenvalue weighted by Gasteiger charge is 2.52. The van der Waals surface area contributed by atoms with Gasteiger partial charge < -0.3 is 14.6 Å². The number of H-pyrrole nitrogens is 1. The Kier molecular flexibility index (Phi) is 7.31. The zero-order chi connectivity index (χ0) is 26.2. The molecule has 0 fully saturated rings. The van der Waals surface area contributed by atoms with E-state index in [2.05, 4.69) is 57.6 Å². The summed E-state index contributed by atoms with van der Waals surface area (Å²) in [5, 5.41) is 1.05. The van der Waals surface area contributed by atoms with Crippen LogP contribution in [0.2, 0.25) is 0 Å². The van der Waals surface area contributed by atoms with Gasteiger partial charge in [-0.1, -0.05) is 51.7 Å². The number of hydrogen-bond acceptors (Lipinski definition) is 3. The van der Waals surface area contributed by atoms with Gasteiger partial charge in [0.25, 0.3) is 0 Å². The van der Waals surface area contributed by atoms with E-state index < -0.39 is 5.41 Å². The molecule has 192 valence electrons. The molecule has 1 aliphatic heterocycles. The van der Waals surface area contributed by atoms with Gasteiger partial charge in [0.15, 0.2) is 5.78 Å². The number of anilines is 1. The van der Waals surface area contributed by atoms with Gasteiger partial charge in [0.1, 0.15) is 0 Å². The van der Waals surface area contributed by atoms with E-state index in [9.17, 15) is 9.59 Å². The summed E-state index contributed by atoms with van der Waals surface area (Å²) in [4.78, 5) is 32.6. The number of fused-ring (bicyclic) bond motifs is 4. The topological polar surface area (TPSA) is 62.4 Å². The molecule has 36 heavy (non-hydrogen) atoms. The quantitative estimate of drug-likeness (QED) is 0.219. The number of aromatic amines is 1. The molecule has 1 aliphatic carbocycles. The first kappa shape index (κ1) is 26.0. The first-order valence-corrected chi connectivity index (χ1v) is 13.3. The number of nitrogens with one attached hydrogen (secondary N) is 1. The number of carbonyl (C=O) groups excluding carboxylic acids is 2. The van der Waals surface area contributed by atoms with Crippen molar-refractivity contribution in [2.45, 2.75) is 78.1 Å². The molecule has 2 aliphatic rings. The minimum atomic E-state index is -0.883. The summed E-state index contributed by atoms with van der Waals surface area (Å²) in [6.07, 6.45) is 4.97. The molecule has 0 bridgehead atoms. The molecule has 2 aromatic rings. The number of hydrogen-bond donors (Lipinski definition) is 1. The number of Topliss-reactive ketones (excluding diaryl/α,β-unsaturated/α-hetero) is 1. The van der Waals surface area contributed by atoms with Crippen molar-refractivity contribution in [2.24, 2.45) is 5.92 Å². The summed E-state index contributed by atoms with van der Waals surface area (Å²) in [5.74, 6) is 1.13. The highest BCUT2D eigenvalue weighted by atomic mass is 16.5. The van der Waals surface area contributed by atoms with Gasteiger partial charge in [0, 0.05) is 36.0 Å². The first-order chi connectivity index (χ1) is 17.1. The van der Waals surface area contributed by atoms with Crippen LogP contribution in [0.25, 0.3) is 10.9 Å². The van der Waals surface area contributed by atoms with Crippen molar-refractivity contribution in [1.82, 2.24) is 4.98 Å². The maximum absolute atomic E-state index is 14.4. The van der Waals surface area contributed by atoms with Gasteiger partial charge in [-0.3, -0.25) is 9.59 Å². The molecule has 0 saturated carbocycles. The molecule has 5 heteroatoms. The van der Waals surface area contributed by atoms with Gasteiger partial charge in [-0.25, -0.2) is 0 Å². The summed E-state index contributed by atoms with van der Waals surface area (Å²) < 4.78 is 5.79. The minimum Gasteiger partial charge on any atom is -0.499 e. The Morgan fingerprint density at radius 3 is 2.47 bits per heavy atom. The molecule has 1 atom stereocenters. The van der Waals surface area contributed by atoms with Crippen LogP contribution >= 0.6 is 0 Å². The van der Waals surface area contributed by atoms with Gasteiger partial charge in [0.05, 0.1) is 23.5 Å². The summed E-state index contributed by atoms with van der Waals surface area (Å²) in [7, 11) is 0. The van der Waals surface area contributed by atoms with Crippen molar-refractivity contribution in [3.8, 4) is 0 Å². The number of carbonyl (C=O) groups is 2. The number of ketones is 1. The predicted octanol–water partition coefficient (Wildman–Crippen LogP) is 7.17. The van der Waals surface area contributed by atoms with Crippen LogP contribution in [-0.2, 0) is 21.4 Å². The maximum atomic E-state index is 14.4. The predicted molar refractivity (Wildman–Crippen MR) is 148 cm³/mol. The second-order valence-electron chi connectivity index (χ2n) is 10.8.